The third kappa shape index (κ3) is 2.97. The van der Waals surface area contributed by atoms with E-state index in [1.54, 1.807) is 0 Å². The van der Waals surface area contributed by atoms with E-state index in [2.05, 4.69) is 0 Å². The summed E-state index contributed by atoms with van der Waals surface area (Å²) in [6.45, 7) is 2.77. The van der Waals surface area contributed by atoms with Crippen LogP contribution in [-0.2, 0) is 0 Å². The van der Waals surface area contributed by atoms with Crippen LogP contribution in [0.3, 0.4) is 0 Å². The molecule has 0 aliphatic carbocycles. The van der Waals surface area contributed by atoms with Crippen LogP contribution >= 0.6 is 0 Å². The fourth-order valence-corrected chi connectivity index (χ4v) is 0.972. The molecule has 0 aromatic carbocycles. The van der Waals surface area contributed by atoms with Crippen molar-refractivity contribution in [3.8, 4) is 0 Å². The fourth-order valence-electron chi connectivity index (χ4n) is 0.972. The highest BCUT2D eigenvalue weighted by atomic mass is 19.4. The third-order valence-corrected chi connectivity index (χ3v) is 1.82. The fraction of sp³-hybridized carbons (Fsp3) is 1.00. The zero-order valence-corrected chi connectivity index (χ0v) is 7.03. The summed E-state index contributed by atoms with van der Waals surface area (Å²) >= 11 is 0. The maximum absolute atomic E-state index is 12.6. The summed E-state index contributed by atoms with van der Waals surface area (Å²) in [5, 5.41) is 0. The summed E-state index contributed by atoms with van der Waals surface area (Å²) in [6.07, 6.45) is -7.59. The Balaban J connectivity index is 4.32. The van der Waals surface area contributed by atoms with Crippen LogP contribution in [-0.4, -0.2) is 18.9 Å². The Kier molecular flexibility index (Phi) is 3.96. The van der Waals surface area contributed by atoms with Gasteiger partial charge in [-0.1, -0.05) is 13.8 Å². The van der Waals surface area contributed by atoms with Crippen molar-refractivity contribution in [2.75, 3.05) is 6.54 Å². The molecule has 2 atom stereocenters. The van der Waals surface area contributed by atoms with Crippen molar-refractivity contribution in [1.82, 2.24) is 0 Å². The topological polar surface area (TPSA) is 26.0 Å². The van der Waals surface area contributed by atoms with Crippen LogP contribution in [0.1, 0.15) is 13.8 Å². The molecule has 0 fully saturated rings. The molecule has 0 aliphatic rings. The molecule has 2 unspecified atom stereocenters. The van der Waals surface area contributed by atoms with Gasteiger partial charge in [0.2, 0.25) is 0 Å². The first-order chi connectivity index (χ1) is 5.30. The van der Waals surface area contributed by atoms with Gasteiger partial charge in [0, 0.05) is 5.92 Å². The molecule has 0 aromatic rings. The largest absolute Gasteiger partial charge is 0.419 e. The van der Waals surface area contributed by atoms with Gasteiger partial charge >= 0.3 is 6.18 Å². The highest BCUT2D eigenvalue weighted by Gasteiger charge is 2.45. The minimum Gasteiger partial charge on any atom is -0.330 e. The smallest absolute Gasteiger partial charge is 0.330 e. The van der Waals surface area contributed by atoms with Gasteiger partial charge < -0.3 is 5.73 Å². The standard InChI is InChI=1S/C7H13F4N/c1-4(2)5(3-12)6(8)7(9,10)11/h4-6H,3,12H2,1-2H3. The molecule has 2 N–H and O–H groups in total. The van der Waals surface area contributed by atoms with Crippen LogP contribution in [0.2, 0.25) is 0 Å². The Morgan fingerprint density at radius 3 is 1.75 bits per heavy atom. The second-order valence-corrected chi connectivity index (χ2v) is 3.09. The van der Waals surface area contributed by atoms with Crippen molar-refractivity contribution >= 4 is 0 Å². The molecule has 0 radical (unpaired) electrons. The number of halogens is 4. The lowest BCUT2D eigenvalue weighted by Crippen LogP contribution is -2.39. The molecular weight excluding hydrogens is 174 g/mol. The van der Waals surface area contributed by atoms with Gasteiger partial charge in [0.05, 0.1) is 0 Å². The molecule has 1 nitrogen and oxygen atoms in total. The van der Waals surface area contributed by atoms with Crippen LogP contribution in [0.25, 0.3) is 0 Å². The molecule has 0 heterocycles. The van der Waals surface area contributed by atoms with Gasteiger partial charge in [-0.3, -0.25) is 0 Å². The predicted molar refractivity (Wildman–Crippen MR) is 38.3 cm³/mol. The van der Waals surface area contributed by atoms with E-state index in [4.69, 9.17) is 5.73 Å². The lowest BCUT2D eigenvalue weighted by molar-refractivity contribution is -0.197. The molecule has 0 aliphatic heterocycles. The number of alkyl halides is 4. The molecule has 0 amide bonds. The molecule has 0 bridgehead atoms. The summed E-state index contributed by atoms with van der Waals surface area (Å²) in [5.74, 6) is -1.53. The SMILES string of the molecule is CC(C)C(CN)C(F)C(F)(F)F. The second kappa shape index (κ2) is 4.07. The Bertz CT molecular complexity index is 132. The molecule has 0 aromatic heterocycles. The van der Waals surface area contributed by atoms with E-state index in [1.807, 2.05) is 0 Å². The Morgan fingerprint density at radius 2 is 1.67 bits per heavy atom. The van der Waals surface area contributed by atoms with Crippen LogP contribution in [0.4, 0.5) is 17.6 Å². The van der Waals surface area contributed by atoms with E-state index in [9.17, 15) is 17.6 Å². The third-order valence-electron chi connectivity index (χ3n) is 1.82. The Labute approximate surface area is 68.9 Å². The Morgan fingerprint density at radius 1 is 1.25 bits per heavy atom. The molecule has 0 saturated carbocycles. The summed E-state index contributed by atoms with van der Waals surface area (Å²) in [5.41, 5.74) is 5.03. The van der Waals surface area contributed by atoms with Crippen LogP contribution in [0.5, 0.6) is 0 Å². The quantitative estimate of drug-likeness (QED) is 0.673. The van der Waals surface area contributed by atoms with Crippen LogP contribution in [0, 0.1) is 11.8 Å². The van der Waals surface area contributed by atoms with Crippen LogP contribution in [0.15, 0.2) is 0 Å². The highest BCUT2D eigenvalue weighted by Crippen LogP contribution is 2.31. The second-order valence-electron chi connectivity index (χ2n) is 3.09. The number of rotatable bonds is 3. The van der Waals surface area contributed by atoms with Gasteiger partial charge in [-0.05, 0) is 12.5 Å². The minimum absolute atomic E-state index is 0.279. The lowest BCUT2D eigenvalue weighted by Gasteiger charge is -2.24. The highest BCUT2D eigenvalue weighted by molar-refractivity contribution is 4.78. The normalized spacial score (nSPS) is 18.0. The minimum atomic E-state index is -4.78. The summed E-state index contributed by atoms with van der Waals surface area (Å²) in [4.78, 5) is 0. The van der Waals surface area contributed by atoms with Crippen molar-refractivity contribution in [3.63, 3.8) is 0 Å². The zero-order chi connectivity index (χ0) is 9.94. The number of nitrogens with two attached hydrogens (primary N) is 1. The molecular formula is C7H13F4N. The van der Waals surface area contributed by atoms with E-state index >= 15 is 0 Å². The van der Waals surface area contributed by atoms with Gasteiger partial charge in [0.15, 0.2) is 6.17 Å². The van der Waals surface area contributed by atoms with E-state index in [1.165, 1.54) is 13.8 Å². The first kappa shape index (κ1) is 11.7. The average Bonchev–Trinajstić information content (AvgIpc) is 1.86. The van der Waals surface area contributed by atoms with E-state index in [0.717, 1.165) is 0 Å². The van der Waals surface area contributed by atoms with Crippen molar-refractivity contribution in [2.45, 2.75) is 26.2 Å². The van der Waals surface area contributed by atoms with Crippen LogP contribution < -0.4 is 5.73 Å². The first-order valence-corrected chi connectivity index (χ1v) is 3.71. The van der Waals surface area contributed by atoms with Gasteiger partial charge in [0.1, 0.15) is 0 Å². The Hall–Kier alpha value is -0.320. The first-order valence-electron chi connectivity index (χ1n) is 3.71. The van der Waals surface area contributed by atoms with Crippen molar-refractivity contribution in [1.29, 1.82) is 0 Å². The number of hydrogen-bond donors (Lipinski definition) is 1. The van der Waals surface area contributed by atoms with Crippen molar-refractivity contribution in [3.05, 3.63) is 0 Å². The molecule has 5 heteroatoms. The zero-order valence-electron chi connectivity index (χ0n) is 7.03. The predicted octanol–water partition coefficient (Wildman–Crippen LogP) is 2.12. The molecule has 74 valence electrons. The molecule has 0 rings (SSSR count). The molecule has 0 saturated heterocycles. The van der Waals surface area contributed by atoms with Gasteiger partial charge in [-0.15, -0.1) is 0 Å². The summed E-state index contributed by atoms with van der Waals surface area (Å²) in [6, 6.07) is 0. The number of hydrogen-bond acceptors (Lipinski definition) is 1. The maximum Gasteiger partial charge on any atom is 0.419 e. The van der Waals surface area contributed by atoms with E-state index < -0.39 is 24.2 Å². The summed E-state index contributed by atoms with van der Waals surface area (Å²) < 4.78 is 48.1. The van der Waals surface area contributed by atoms with E-state index in [-0.39, 0.29) is 6.54 Å². The lowest BCUT2D eigenvalue weighted by atomic mass is 9.91. The molecule has 0 spiro atoms. The van der Waals surface area contributed by atoms with Crippen molar-refractivity contribution in [2.24, 2.45) is 17.6 Å². The van der Waals surface area contributed by atoms with Gasteiger partial charge in [-0.2, -0.15) is 13.2 Å². The van der Waals surface area contributed by atoms with Gasteiger partial charge in [0.25, 0.3) is 0 Å². The van der Waals surface area contributed by atoms with E-state index in [0.29, 0.717) is 0 Å². The monoisotopic (exact) mass is 187 g/mol. The van der Waals surface area contributed by atoms with Crippen molar-refractivity contribution < 1.29 is 17.6 Å². The molecule has 12 heavy (non-hydrogen) atoms. The summed E-state index contributed by atoms with van der Waals surface area (Å²) in [7, 11) is 0. The maximum atomic E-state index is 12.6. The van der Waals surface area contributed by atoms with Gasteiger partial charge in [-0.25, -0.2) is 4.39 Å². The average molecular weight is 187 g/mol.